The van der Waals surface area contributed by atoms with Crippen molar-refractivity contribution in [3.05, 3.63) is 40.9 Å². The van der Waals surface area contributed by atoms with Gasteiger partial charge in [0.25, 0.3) is 5.91 Å². The number of thioether (sulfide) groups is 1. The maximum atomic E-state index is 12.6. The van der Waals surface area contributed by atoms with Crippen LogP contribution in [0.2, 0.25) is 0 Å². The summed E-state index contributed by atoms with van der Waals surface area (Å²) in [6.45, 7) is 5.80. The number of aliphatic hydroxyl groups is 1. The third-order valence-electron chi connectivity index (χ3n) is 4.75. The molecule has 1 aliphatic heterocycles. The van der Waals surface area contributed by atoms with Gasteiger partial charge in [0.2, 0.25) is 0 Å². The summed E-state index contributed by atoms with van der Waals surface area (Å²) >= 11 is 1.43. The molecule has 0 bridgehead atoms. The zero-order valence-electron chi connectivity index (χ0n) is 15.2. The summed E-state index contributed by atoms with van der Waals surface area (Å²) in [5, 5.41) is 18.1. The van der Waals surface area contributed by atoms with Crippen molar-refractivity contribution in [1.82, 2.24) is 20.4 Å². The summed E-state index contributed by atoms with van der Waals surface area (Å²) in [6, 6.07) is 3.24. The van der Waals surface area contributed by atoms with Crippen LogP contribution >= 0.6 is 11.8 Å². The van der Waals surface area contributed by atoms with E-state index in [0.717, 1.165) is 23.6 Å². The molecule has 1 aliphatic rings. The van der Waals surface area contributed by atoms with Gasteiger partial charge in [-0.3, -0.25) is 9.69 Å². The first-order chi connectivity index (χ1) is 12.5. The smallest absolute Gasteiger partial charge is 0.254 e. The van der Waals surface area contributed by atoms with E-state index in [1.165, 1.54) is 11.8 Å². The lowest BCUT2D eigenvalue weighted by molar-refractivity contribution is 0.0347. The number of piperidine rings is 1. The second-order valence-electron chi connectivity index (χ2n) is 6.53. The number of aliphatic hydroxyl groups excluding tert-OH is 1. The third kappa shape index (κ3) is 4.08. The Morgan fingerprint density at radius 1 is 1.50 bits per heavy atom. The van der Waals surface area contributed by atoms with Crippen molar-refractivity contribution in [2.24, 2.45) is 0 Å². The molecule has 2 aromatic heterocycles. The Morgan fingerprint density at radius 2 is 2.31 bits per heavy atom. The van der Waals surface area contributed by atoms with Gasteiger partial charge in [-0.25, -0.2) is 4.98 Å². The lowest BCUT2D eigenvalue weighted by Gasteiger charge is -2.36. The number of carbonyl (C=O) groups is 1. The fourth-order valence-electron chi connectivity index (χ4n) is 3.23. The number of rotatable bonds is 5. The van der Waals surface area contributed by atoms with Gasteiger partial charge in [0.15, 0.2) is 0 Å². The number of aryl methyl sites for hydroxylation is 2. The minimum Gasteiger partial charge on any atom is -0.390 e. The highest BCUT2D eigenvalue weighted by atomic mass is 32.2. The molecule has 1 amide bonds. The summed E-state index contributed by atoms with van der Waals surface area (Å²) < 4.78 is 5.20. The molecule has 1 saturated heterocycles. The van der Waals surface area contributed by atoms with Crippen LogP contribution in [0.1, 0.15) is 33.8 Å². The number of amides is 1. The summed E-state index contributed by atoms with van der Waals surface area (Å²) in [4.78, 5) is 18.9. The average molecular weight is 376 g/mol. The molecule has 140 valence electrons. The van der Waals surface area contributed by atoms with Gasteiger partial charge in [-0.15, -0.1) is 11.8 Å². The van der Waals surface area contributed by atoms with Crippen LogP contribution in [0.15, 0.2) is 27.9 Å². The number of carbonyl (C=O) groups excluding carboxylic acids is 1. The van der Waals surface area contributed by atoms with Crippen LogP contribution in [0.4, 0.5) is 0 Å². The SMILES string of the molecule is CSc1ncccc1C(=O)N[C@@H]1CCN(Cc2c(C)noc2C)C[C@H]1O. The predicted octanol–water partition coefficient (Wildman–Crippen LogP) is 1.77. The summed E-state index contributed by atoms with van der Waals surface area (Å²) in [6.07, 6.45) is 3.62. The van der Waals surface area contributed by atoms with Gasteiger partial charge in [-0.05, 0) is 38.7 Å². The number of likely N-dealkylation sites (tertiary alicyclic amines) is 1. The Kier molecular flexibility index (Phi) is 5.95. The van der Waals surface area contributed by atoms with Crippen LogP contribution in [0.3, 0.4) is 0 Å². The second kappa shape index (κ2) is 8.20. The molecule has 7 nitrogen and oxygen atoms in total. The van der Waals surface area contributed by atoms with E-state index in [-0.39, 0.29) is 11.9 Å². The zero-order chi connectivity index (χ0) is 18.7. The Bertz CT molecular complexity index is 760. The molecular formula is C18H24N4O3S. The Hall–Kier alpha value is -1.90. The zero-order valence-corrected chi connectivity index (χ0v) is 16.0. The van der Waals surface area contributed by atoms with Crippen molar-refractivity contribution in [1.29, 1.82) is 0 Å². The van der Waals surface area contributed by atoms with E-state index in [2.05, 4.69) is 20.4 Å². The number of hydrogen-bond donors (Lipinski definition) is 2. The van der Waals surface area contributed by atoms with Crippen LogP contribution in [-0.4, -0.2) is 57.5 Å². The van der Waals surface area contributed by atoms with Crippen LogP contribution in [0.25, 0.3) is 0 Å². The first-order valence-electron chi connectivity index (χ1n) is 8.61. The molecule has 8 heteroatoms. The molecule has 0 aliphatic carbocycles. The molecule has 2 atom stereocenters. The standard InChI is InChI=1S/C18H24N4O3S/c1-11-14(12(2)25-21-11)9-22-8-6-15(16(23)10-22)20-17(24)13-5-4-7-19-18(13)26-3/h4-5,7,15-16,23H,6,8-10H2,1-3H3,(H,20,24)/t15-,16-/m1/s1. The first kappa shape index (κ1) is 18.9. The van der Waals surface area contributed by atoms with Gasteiger partial charge < -0.3 is 14.9 Å². The molecule has 2 N–H and O–H groups in total. The highest BCUT2D eigenvalue weighted by Crippen LogP contribution is 2.20. The quantitative estimate of drug-likeness (QED) is 0.769. The van der Waals surface area contributed by atoms with E-state index in [1.807, 2.05) is 20.1 Å². The molecule has 3 heterocycles. The normalized spacial score (nSPS) is 20.9. The monoisotopic (exact) mass is 376 g/mol. The molecule has 0 aromatic carbocycles. The fourth-order valence-corrected chi connectivity index (χ4v) is 3.78. The molecule has 26 heavy (non-hydrogen) atoms. The van der Waals surface area contributed by atoms with Crippen molar-refractivity contribution in [2.45, 2.75) is 44.0 Å². The van der Waals surface area contributed by atoms with Crippen molar-refractivity contribution in [2.75, 3.05) is 19.3 Å². The van der Waals surface area contributed by atoms with Crippen molar-refractivity contribution in [3.8, 4) is 0 Å². The Labute approximate surface area is 157 Å². The van der Waals surface area contributed by atoms with Crippen molar-refractivity contribution >= 4 is 17.7 Å². The van der Waals surface area contributed by atoms with Crippen LogP contribution in [0, 0.1) is 13.8 Å². The number of β-amino-alcohol motifs (C(OH)–C–C–N with tert-alkyl or cyclic N) is 1. The average Bonchev–Trinajstić information content (AvgIpc) is 2.95. The topological polar surface area (TPSA) is 91.5 Å². The number of nitrogens with one attached hydrogen (secondary N) is 1. The van der Waals surface area contributed by atoms with Gasteiger partial charge >= 0.3 is 0 Å². The first-order valence-corrected chi connectivity index (χ1v) is 9.84. The third-order valence-corrected chi connectivity index (χ3v) is 5.47. The van der Waals surface area contributed by atoms with E-state index in [9.17, 15) is 9.90 Å². The molecule has 1 fully saturated rings. The molecule has 0 spiro atoms. The number of aromatic nitrogens is 2. The lowest BCUT2D eigenvalue weighted by atomic mass is 10.0. The van der Waals surface area contributed by atoms with Crippen LogP contribution < -0.4 is 5.32 Å². The summed E-state index contributed by atoms with van der Waals surface area (Å²) in [5.74, 6) is 0.624. The highest BCUT2D eigenvalue weighted by molar-refractivity contribution is 7.98. The molecule has 0 unspecified atom stereocenters. The maximum absolute atomic E-state index is 12.6. The largest absolute Gasteiger partial charge is 0.390 e. The summed E-state index contributed by atoms with van der Waals surface area (Å²) in [5.41, 5.74) is 2.50. The highest BCUT2D eigenvalue weighted by Gasteiger charge is 2.30. The maximum Gasteiger partial charge on any atom is 0.254 e. The molecule has 2 aromatic rings. The second-order valence-corrected chi connectivity index (χ2v) is 7.33. The minimum atomic E-state index is -0.623. The van der Waals surface area contributed by atoms with Gasteiger partial charge in [0, 0.05) is 31.4 Å². The van der Waals surface area contributed by atoms with E-state index in [4.69, 9.17) is 4.52 Å². The Balaban J connectivity index is 1.60. The van der Waals surface area contributed by atoms with Gasteiger partial charge in [-0.1, -0.05) is 5.16 Å². The summed E-state index contributed by atoms with van der Waals surface area (Å²) in [7, 11) is 0. The number of pyridine rings is 1. The molecular weight excluding hydrogens is 352 g/mol. The predicted molar refractivity (Wildman–Crippen MR) is 99.2 cm³/mol. The van der Waals surface area contributed by atoms with E-state index in [0.29, 0.717) is 30.1 Å². The van der Waals surface area contributed by atoms with Gasteiger partial charge in [-0.2, -0.15) is 0 Å². The van der Waals surface area contributed by atoms with Gasteiger partial charge in [0.1, 0.15) is 10.8 Å². The number of nitrogens with zero attached hydrogens (tertiary/aromatic N) is 3. The van der Waals surface area contributed by atoms with Crippen molar-refractivity contribution in [3.63, 3.8) is 0 Å². The van der Waals surface area contributed by atoms with Crippen molar-refractivity contribution < 1.29 is 14.4 Å². The Morgan fingerprint density at radius 3 is 2.96 bits per heavy atom. The lowest BCUT2D eigenvalue weighted by Crippen LogP contribution is -2.53. The fraction of sp³-hybridized carbons (Fsp3) is 0.500. The molecule has 0 saturated carbocycles. The van der Waals surface area contributed by atoms with Gasteiger partial charge in [0.05, 0.1) is 23.4 Å². The molecule has 3 rings (SSSR count). The molecule has 0 radical (unpaired) electrons. The van der Waals surface area contributed by atoms with E-state index >= 15 is 0 Å². The minimum absolute atomic E-state index is 0.189. The number of hydrogen-bond acceptors (Lipinski definition) is 7. The van der Waals surface area contributed by atoms with E-state index < -0.39 is 6.10 Å². The van der Waals surface area contributed by atoms with Crippen LogP contribution in [-0.2, 0) is 6.54 Å². The van der Waals surface area contributed by atoms with E-state index in [1.54, 1.807) is 18.3 Å². The van der Waals surface area contributed by atoms with Crippen LogP contribution in [0.5, 0.6) is 0 Å².